The zero-order chi connectivity index (χ0) is 15.7. The number of benzene rings is 1. The van der Waals surface area contributed by atoms with Gasteiger partial charge in [-0.2, -0.15) is 10.1 Å². The van der Waals surface area contributed by atoms with Crippen molar-refractivity contribution in [3.63, 3.8) is 0 Å². The average molecular weight is 317 g/mol. The number of aromatic amines is 1. The maximum atomic E-state index is 11.0. The van der Waals surface area contributed by atoms with Gasteiger partial charge in [0.1, 0.15) is 5.52 Å². The van der Waals surface area contributed by atoms with Crippen molar-refractivity contribution >= 4 is 40.0 Å². The quantitative estimate of drug-likeness (QED) is 0.335. The number of rotatable bonds is 5. The van der Waals surface area contributed by atoms with E-state index in [1.807, 2.05) is 4.57 Å². The number of hydrogen-bond acceptors (Lipinski definition) is 5. The molecule has 0 aliphatic rings. The van der Waals surface area contributed by atoms with Crippen molar-refractivity contribution in [2.24, 2.45) is 0 Å². The molecule has 3 rings (SSSR count). The Morgan fingerprint density at radius 3 is 2.95 bits per heavy atom. The van der Waals surface area contributed by atoms with E-state index in [0.29, 0.717) is 15.9 Å². The van der Waals surface area contributed by atoms with E-state index in [0.717, 1.165) is 36.7 Å². The van der Waals surface area contributed by atoms with Gasteiger partial charge in [0.15, 0.2) is 5.65 Å². The molecular weight excluding hydrogens is 302 g/mol. The number of nitro groups is 1. The summed E-state index contributed by atoms with van der Waals surface area (Å²) in [4.78, 5) is 14.9. The number of hydrogen-bond donors (Lipinski definition) is 1. The highest BCUT2D eigenvalue weighted by Gasteiger charge is 2.16. The molecule has 114 valence electrons. The van der Waals surface area contributed by atoms with Crippen LogP contribution in [0.3, 0.4) is 0 Å². The maximum absolute atomic E-state index is 11.0. The number of non-ortho nitro benzene ring substituents is 1. The van der Waals surface area contributed by atoms with Gasteiger partial charge in [-0.1, -0.05) is 19.8 Å². The summed E-state index contributed by atoms with van der Waals surface area (Å²) >= 11 is 5.06. The number of aryl methyl sites for hydroxylation is 1. The largest absolute Gasteiger partial charge is 0.324 e. The van der Waals surface area contributed by atoms with E-state index in [9.17, 15) is 10.1 Å². The van der Waals surface area contributed by atoms with Crippen LogP contribution in [-0.4, -0.2) is 24.7 Å². The van der Waals surface area contributed by atoms with E-state index in [2.05, 4.69) is 22.1 Å². The molecule has 1 aromatic carbocycles. The van der Waals surface area contributed by atoms with Crippen LogP contribution in [-0.2, 0) is 6.54 Å². The molecule has 0 spiro atoms. The van der Waals surface area contributed by atoms with Crippen LogP contribution < -0.4 is 0 Å². The van der Waals surface area contributed by atoms with Crippen molar-refractivity contribution in [2.75, 3.05) is 0 Å². The third kappa shape index (κ3) is 2.45. The predicted molar refractivity (Wildman–Crippen MR) is 86.4 cm³/mol. The second-order valence-corrected chi connectivity index (χ2v) is 5.52. The van der Waals surface area contributed by atoms with E-state index < -0.39 is 4.92 Å². The van der Waals surface area contributed by atoms with Gasteiger partial charge in [0.25, 0.3) is 5.69 Å². The Hall–Kier alpha value is -2.35. The van der Waals surface area contributed by atoms with Gasteiger partial charge in [-0.15, -0.1) is 0 Å². The Labute approximate surface area is 131 Å². The zero-order valence-electron chi connectivity index (χ0n) is 12.1. The van der Waals surface area contributed by atoms with Crippen molar-refractivity contribution < 1.29 is 4.92 Å². The Bertz CT molecular complexity index is 915. The topological polar surface area (TPSA) is 89.6 Å². The lowest BCUT2D eigenvalue weighted by molar-refractivity contribution is -0.384. The predicted octanol–water partition coefficient (Wildman–Crippen LogP) is 3.74. The standard InChI is InChI=1S/C14H15N5O2S/c1-2-3-4-7-18-11-6-5-9(19(20)21)8-10(11)12-13(18)15-14(22)17-16-12/h5-6,8H,2-4,7H2,1H3,(H,15,17,22). The number of unbranched alkanes of at least 4 members (excludes halogenated alkanes) is 2. The number of nitro benzene ring substituents is 1. The van der Waals surface area contributed by atoms with Crippen molar-refractivity contribution in [2.45, 2.75) is 32.7 Å². The first-order valence-electron chi connectivity index (χ1n) is 7.15. The van der Waals surface area contributed by atoms with Gasteiger partial charge in [0.05, 0.1) is 10.4 Å². The molecule has 0 unspecified atom stereocenters. The van der Waals surface area contributed by atoms with Crippen molar-refractivity contribution in [3.05, 3.63) is 33.1 Å². The van der Waals surface area contributed by atoms with Crippen LogP contribution in [0.15, 0.2) is 18.2 Å². The molecule has 7 nitrogen and oxygen atoms in total. The van der Waals surface area contributed by atoms with E-state index >= 15 is 0 Å². The summed E-state index contributed by atoms with van der Waals surface area (Å²) in [5.74, 6) is 0. The fourth-order valence-corrected chi connectivity index (χ4v) is 2.75. The van der Waals surface area contributed by atoms with Crippen LogP contribution >= 0.6 is 12.2 Å². The first kappa shape index (κ1) is 14.6. The first-order valence-corrected chi connectivity index (χ1v) is 7.55. The van der Waals surface area contributed by atoms with Crippen LogP contribution in [0, 0.1) is 14.9 Å². The van der Waals surface area contributed by atoms with Gasteiger partial charge in [-0.3, -0.25) is 15.2 Å². The van der Waals surface area contributed by atoms with E-state index in [4.69, 9.17) is 12.2 Å². The minimum absolute atomic E-state index is 0.0457. The molecule has 0 bridgehead atoms. The summed E-state index contributed by atoms with van der Waals surface area (Å²) in [7, 11) is 0. The fourth-order valence-electron chi connectivity index (χ4n) is 2.62. The SMILES string of the molecule is CCCCCn1c2ccc([N+](=O)[O-])cc2c2n[nH]c(=S)nc21. The Morgan fingerprint density at radius 1 is 1.41 bits per heavy atom. The molecule has 0 aliphatic carbocycles. The molecule has 22 heavy (non-hydrogen) atoms. The first-order chi connectivity index (χ1) is 10.6. The highest BCUT2D eigenvalue weighted by molar-refractivity contribution is 7.71. The smallest absolute Gasteiger partial charge is 0.270 e. The van der Waals surface area contributed by atoms with Crippen LogP contribution in [0.1, 0.15) is 26.2 Å². The van der Waals surface area contributed by atoms with E-state index in [-0.39, 0.29) is 5.69 Å². The van der Waals surface area contributed by atoms with Crippen LogP contribution in [0.4, 0.5) is 5.69 Å². The fraction of sp³-hybridized carbons (Fsp3) is 0.357. The number of fused-ring (bicyclic) bond motifs is 3. The summed E-state index contributed by atoms with van der Waals surface area (Å²) in [5, 5.41) is 18.6. The summed E-state index contributed by atoms with van der Waals surface area (Å²) < 4.78 is 2.35. The van der Waals surface area contributed by atoms with Gasteiger partial charge >= 0.3 is 0 Å². The Kier molecular flexibility index (Phi) is 3.84. The molecule has 8 heteroatoms. The second kappa shape index (κ2) is 5.80. The Balaban J connectivity index is 2.26. The zero-order valence-corrected chi connectivity index (χ0v) is 12.9. The molecule has 2 heterocycles. The van der Waals surface area contributed by atoms with Crippen LogP contribution in [0.25, 0.3) is 22.1 Å². The lowest BCUT2D eigenvalue weighted by Crippen LogP contribution is -2.00. The van der Waals surface area contributed by atoms with Crippen molar-refractivity contribution in [3.8, 4) is 0 Å². The molecule has 3 aromatic rings. The van der Waals surface area contributed by atoms with Gasteiger partial charge < -0.3 is 4.57 Å². The number of nitrogens with zero attached hydrogens (tertiary/aromatic N) is 4. The van der Waals surface area contributed by atoms with Gasteiger partial charge in [0.2, 0.25) is 4.77 Å². The van der Waals surface area contributed by atoms with Gasteiger partial charge in [-0.05, 0) is 24.7 Å². The third-order valence-corrected chi connectivity index (χ3v) is 3.84. The van der Waals surface area contributed by atoms with E-state index in [1.54, 1.807) is 12.1 Å². The van der Waals surface area contributed by atoms with E-state index in [1.165, 1.54) is 6.07 Å². The molecule has 0 atom stereocenters. The Morgan fingerprint density at radius 2 is 2.23 bits per heavy atom. The second-order valence-electron chi connectivity index (χ2n) is 5.13. The molecule has 0 saturated carbocycles. The summed E-state index contributed by atoms with van der Waals surface area (Å²) in [6, 6.07) is 4.81. The molecule has 0 saturated heterocycles. The highest BCUT2D eigenvalue weighted by Crippen LogP contribution is 2.29. The molecule has 0 radical (unpaired) electrons. The number of H-pyrrole nitrogens is 1. The van der Waals surface area contributed by atoms with Gasteiger partial charge in [-0.25, -0.2) is 0 Å². The van der Waals surface area contributed by atoms with Crippen LogP contribution in [0.5, 0.6) is 0 Å². The van der Waals surface area contributed by atoms with Gasteiger partial charge in [0, 0.05) is 24.1 Å². The molecule has 1 N–H and O–H groups in total. The lowest BCUT2D eigenvalue weighted by Gasteiger charge is -2.05. The van der Waals surface area contributed by atoms with Crippen LogP contribution in [0.2, 0.25) is 0 Å². The molecule has 2 aromatic heterocycles. The normalized spacial score (nSPS) is 11.3. The highest BCUT2D eigenvalue weighted by atomic mass is 32.1. The molecular formula is C14H15N5O2S. The molecule has 0 fully saturated rings. The summed E-state index contributed by atoms with van der Waals surface area (Å²) in [5.41, 5.74) is 2.23. The lowest BCUT2D eigenvalue weighted by atomic mass is 10.2. The third-order valence-electron chi connectivity index (χ3n) is 3.66. The maximum Gasteiger partial charge on any atom is 0.270 e. The number of nitrogens with one attached hydrogen (secondary N) is 1. The average Bonchev–Trinajstić information content (AvgIpc) is 2.80. The van der Waals surface area contributed by atoms with Crippen molar-refractivity contribution in [1.82, 2.24) is 19.7 Å². The monoisotopic (exact) mass is 317 g/mol. The minimum atomic E-state index is -0.404. The minimum Gasteiger partial charge on any atom is -0.324 e. The summed E-state index contributed by atoms with van der Waals surface area (Å²) in [6.45, 7) is 2.93. The summed E-state index contributed by atoms with van der Waals surface area (Å²) in [6.07, 6.45) is 3.25. The van der Waals surface area contributed by atoms with Crippen molar-refractivity contribution in [1.29, 1.82) is 0 Å². The molecule has 0 amide bonds. The molecule has 0 aliphatic heterocycles. The number of aromatic nitrogens is 4.